The average molecular weight is 662 g/mol. The highest BCUT2D eigenvalue weighted by Crippen LogP contribution is 2.38. The number of nitrogens with zero attached hydrogens (tertiary/aromatic N) is 1. The summed E-state index contributed by atoms with van der Waals surface area (Å²) in [5.74, 6) is -2.55. The maximum atomic E-state index is 13.3. The highest BCUT2D eigenvalue weighted by Gasteiger charge is 2.59. The van der Waals surface area contributed by atoms with E-state index in [9.17, 15) is 46.3 Å². The number of quaternary nitrogens is 1. The standard InChI is InChI=1S/C23H35N3O13S2.ClH/c1-4-26(22-18(28)19(39-41(34,35)36)17(27)20(38-22)23(30)31)8-6-7-12(26)11-25-21(29)13-9-16(40(32,33)5-2)14(24)10-15(13)37-3;/h9-10,12,17-20,22,27-28H,4-8,11H2,1-3H3,(H4-,24,25,29,30,31,34,35,36);1H. The van der Waals surface area contributed by atoms with E-state index in [4.69, 9.17) is 15.2 Å². The second-order valence-electron chi connectivity index (χ2n) is 9.90. The molecule has 0 aliphatic carbocycles. The third-order valence-corrected chi connectivity index (χ3v) is 10.0. The van der Waals surface area contributed by atoms with Gasteiger partial charge in [-0.15, -0.1) is 0 Å². The molecule has 1 aromatic carbocycles. The largest absolute Gasteiger partial charge is 1.00 e. The zero-order valence-corrected chi connectivity index (χ0v) is 25.4. The van der Waals surface area contributed by atoms with Gasteiger partial charge < -0.3 is 48.3 Å². The van der Waals surface area contributed by atoms with Crippen molar-refractivity contribution in [1.29, 1.82) is 0 Å². The van der Waals surface area contributed by atoms with Crippen molar-refractivity contribution in [2.45, 2.75) is 68.3 Å². The fourth-order valence-electron chi connectivity index (χ4n) is 5.66. The van der Waals surface area contributed by atoms with Crippen molar-refractivity contribution in [1.82, 2.24) is 5.32 Å². The minimum absolute atomic E-state index is 0. The number of likely N-dealkylation sites (N-methyl/N-ethyl adjacent to an activating group) is 1. The molecule has 1 amide bonds. The quantitative estimate of drug-likeness (QED) is 0.0743. The van der Waals surface area contributed by atoms with Gasteiger partial charge in [-0.1, -0.05) is 6.92 Å². The average Bonchev–Trinajstić information content (AvgIpc) is 3.32. The number of carboxylic acids is 1. The van der Waals surface area contributed by atoms with E-state index in [1.807, 2.05) is 0 Å². The first kappa shape index (κ1) is 35.9. The molecule has 0 saturated carbocycles. The number of aliphatic hydroxyl groups excluding tert-OH is 2. The molecule has 2 saturated heterocycles. The van der Waals surface area contributed by atoms with Gasteiger partial charge in [-0.2, -0.15) is 8.42 Å². The lowest BCUT2D eigenvalue weighted by Gasteiger charge is -2.51. The van der Waals surface area contributed by atoms with Crippen LogP contribution in [0.1, 0.15) is 37.0 Å². The normalized spacial score (nSPS) is 29.9. The van der Waals surface area contributed by atoms with Gasteiger partial charge in [0.25, 0.3) is 5.91 Å². The lowest BCUT2D eigenvalue weighted by atomic mass is 9.95. The van der Waals surface area contributed by atoms with Gasteiger partial charge in [-0.05, 0) is 13.0 Å². The van der Waals surface area contributed by atoms with Gasteiger partial charge in [0.1, 0.15) is 24.0 Å². The van der Waals surface area contributed by atoms with Crippen molar-refractivity contribution in [3.63, 3.8) is 0 Å². The van der Waals surface area contributed by atoms with Crippen LogP contribution in [0.3, 0.4) is 0 Å². The fraction of sp³-hybridized carbons (Fsp3) is 0.652. The minimum atomic E-state index is -5.20. The van der Waals surface area contributed by atoms with Gasteiger partial charge in [0.2, 0.25) is 6.23 Å². The topological polar surface area (TPSA) is 249 Å². The minimum Gasteiger partial charge on any atom is -1.00 e. The van der Waals surface area contributed by atoms with Crippen LogP contribution in [-0.2, 0) is 34.0 Å². The molecule has 2 heterocycles. The van der Waals surface area contributed by atoms with E-state index in [2.05, 4.69) is 9.50 Å². The number of rotatable bonds is 11. The summed E-state index contributed by atoms with van der Waals surface area (Å²) < 4.78 is 72.2. The van der Waals surface area contributed by atoms with Crippen molar-refractivity contribution in [3.8, 4) is 5.75 Å². The molecule has 240 valence electrons. The summed E-state index contributed by atoms with van der Waals surface area (Å²) in [7, 11) is -7.68. The Morgan fingerprint density at radius 1 is 1.17 bits per heavy atom. The van der Waals surface area contributed by atoms with Gasteiger partial charge in [0.05, 0.1) is 48.6 Å². The molecule has 7 atom stereocenters. The number of aliphatic carboxylic acids is 1. The van der Waals surface area contributed by atoms with E-state index in [0.29, 0.717) is 19.4 Å². The number of anilines is 1. The van der Waals surface area contributed by atoms with Crippen LogP contribution in [0.4, 0.5) is 5.69 Å². The molecule has 1 aromatic rings. The van der Waals surface area contributed by atoms with Gasteiger partial charge >= 0.3 is 16.4 Å². The molecule has 2 fully saturated rings. The lowest BCUT2D eigenvalue weighted by Crippen LogP contribution is -3.00. The molecule has 42 heavy (non-hydrogen) atoms. The van der Waals surface area contributed by atoms with Crippen molar-refractivity contribution in [3.05, 3.63) is 17.7 Å². The van der Waals surface area contributed by atoms with Gasteiger partial charge in [0.15, 0.2) is 22.0 Å². The summed E-state index contributed by atoms with van der Waals surface area (Å²) in [6, 6.07) is 1.86. The first-order valence-corrected chi connectivity index (χ1v) is 15.8. The number of carboxylic acid groups (broad SMARTS) is 1. The van der Waals surface area contributed by atoms with Crippen LogP contribution in [0.15, 0.2) is 17.0 Å². The number of aliphatic hydroxyl groups is 2. The molecule has 3 rings (SSSR count). The third kappa shape index (κ3) is 7.08. The lowest BCUT2D eigenvalue weighted by molar-refractivity contribution is -0.985. The van der Waals surface area contributed by atoms with Crippen molar-refractivity contribution < 1.29 is 76.8 Å². The van der Waals surface area contributed by atoms with Crippen LogP contribution in [0.5, 0.6) is 5.75 Å². The first-order valence-electron chi connectivity index (χ1n) is 12.8. The van der Waals surface area contributed by atoms with Gasteiger partial charge in [0, 0.05) is 18.9 Å². The SMILES string of the molecule is CC[N+]1(C2OC(C(=O)O)C(O)C(OS(=O)(=O)O)C2O)CCCC1CNC(=O)c1cc(S(=O)(=O)CC)c(N)cc1OC.[Cl-]. The Hall–Kier alpha value is -2.29. The summed E-state index contributed by atoms with van der Waals surface area (Å²) in [5.41, 5.74) is 5.71. The zero-order chi connectivity index (χ0) is 30.9. The zero-order valence-electron chi connectivity index (χ0n) is 23.0. The number of nitrogens with one attached hydrogen (secondary N) is 1. The van der Waals surface area contributed by atoms with E-state index in [1.165, 1.54) is 20.1 Å². The number of hydrogen-bond donors (Lipinski definition) is 6. The van der Waals surface area contributed by atoms with Crippen molar-refractivity contribution in [2.75, 3.05) is 38.2 Å². The van der Waals surface area contributed by atoms with Gasteiger partial charge in [-0.25, -0.2) is 17.4 Å². The molecule has 7 N–H and O–H groups in total. The summed E-state index contributed by atoms with van der Waals surface area (Å²) in [6.07, 6.45) is -8.48. The number of amides is 1. The number of likely N-dealkylation sites (tertiary alicyclic amines) is 1. The Bertz CT molecular complexity index is 1380. The van der Waals surface area contributed by atoms with Crippen LogP contribution in [-0.4, -0.2) is 122 Å². The fourth-order valence-corrected chi connectivity index (χ4v) is 7.20. The molecule has 0 spiro atoms. The number of halogens is 1. The van der Waals surface area contributed by atoms with E-state index in [0.717, 1.165) is 6.07 Å². The number of carbonyl (C=O) groups is 2. The summed E-state index contributed by atoms with van der Waals surface area (Å²) in [6.45, 7) is 3.66. The van der Waals surface area contributed by atoms with Crippen LogP contribution >= 0.6 is 0 Å². The summed E-state index contributed by atoms with van der Waals surface area (Å²) >= 11 is 0. The Morgan fingerprint density at radius 2 is 1.81 bits per heavy atom. The number of nitrogens with two attached hydrogens (primary N) is 1. The molecule has 19 heteroatoms. The van der Waals surface area contributed by atoms with E-state index < -0.39 is 68.8 Å². The highest BCUT2D eigenvalue weighted by atomic mass is 35.5. The Morgan fingerprint density at radius 3 is 2.33 bits per heavy atom. The Balaban J connectivity index is 0.00000616. The smallest absolute Gasteiger partial charge is 0.397 e. The predicted octanol–water partition coefficient (Wildman–Crippen LogP) is -4.48. The highest BCUT2D eigenvalue weighted by molar-refractivity contribution is 7.91. The molecule has 2 aliphatic heterocycles. The maximum Gasteiger partial charge on any atom is 0.397 e. The van der Waals surface area contributed by atoms with Crippen LogP contribution in [0.25, 0.3) is 0 Å². The number of hydrogen-bond acceptors (Lipinski definition) is 12. The van der Waals surface area contributed by atoms with Crippen molar-refractivity contribution >= 4 is 37.8 Å². The van der Waals surface area contributed by atoms with Crippen LogP contribution in [0.2, 0.25) is 0 Å². The Labute approximate surface area is 249 Å². The number of carbonyl (C=O) groups excluding carboxylic acids is 1. The molecule has 2 aliphatic rings. The van der Waals surface area contributed by atoms with Crippen LogP contribution in [0, 0.1) is 0 Å². The summed E-state index contributed by atoms with van der Waals surface area (Å²) in [4.78, 5) is 24.9. The Kier molecular flexibility index (Phi) is 11.6. The van der Waals surface area contributed by atoms with Crippen LogP contribution < -0.4 is 28.2 Å². The monoisotopic (exact) mass is 661 g/mol. The molecule has 0 bridgehead atoms. The maximum absolute atomic E-state index is 13.3. The van der Waals surface area contributed by atoms with E-state index in [1.54, 1.807) is 6.92 Å². The second kappa shape index (κ2) is 13.6. The second-order valence-corrected chi connectivity index (χ2v) is 13.2. The number of nitrogen functional groups attached to an aromatic ring is 1. The van der Waals surface area contributed by atoms with E-state index in [-0.39, 0.29) is 57.6 Å². The number of methoxy groups -OCH3 is 1. The third-order valence-electron chi connectivity index (χ3n) is 7.76. The number of benzene rings is 1. The molecule has 0 aromatic heterocycles. The molecular weight excluding hydrogens is 626 g/mol. The van der Waals surface area contributed by atoms with Crippen molar-refractivity contribution in [2.24, 2.45) is 0 Å². The first-order chi connectivity index (χ1) is 19.0. The van der Waals surface area contributed by atoms with Gasteiger partial charge in [-0.3, -0.25) is 13.8 Å². The summed E-state index contributed by atoms with van der Waals surface area (Å²) in [5, 5.41) is 33.8. The number of sulfone groups is 1. The molecular formula is C23H36ClN3O13S2. The predicted molar refractivity (Wildman–Crippen MR) is 141 cm³/mol. The molecule has 0 radical (unpaired) electrons. The van der Waals surface area contributed by atoms with E-state index >= 15 is 0 Å². The molecule has 16 nitrogen and oxygen atoms in total. The number of ether oxygens (including phenoxy) is 2. The molecule has 7 unspecified atom stereocenters.